The van der Waals surface area contributed by atoms with E-state index in [-0.39, 0.29) is 29.0 Å². The summed E-state index contributed by atoms with van der Waals surface area (Å²) in [6.07, 6.45) is -3.77. The van der Waals surface area contributed by atoms with E-state index in [9.17, 15) is 13.2 Å². The van der Waals surface area contributed by atoms with E-state index in [0.717, 1.165) is 32.2 Å². The number of piperazine rings is 1. The minimum atomic E-state index is -4.37. The minimum absolute atomic E-state index is 0. The van der Waals surface area contributed by atoms with Gasteiger partial charge in [-0.25, -0.2) is 0 Å². The van der Waals surface area contributed by atoms with Crippen LogP contribution in [0.4, 0.5) is 13.2 Å². The molecule has 0 saturated carbocycles. The number of benzene rings is 1. The summed E-state index contributed by atoms with van der Waals surface area (Å²) in [6, 6.07) is 3.73. The average Bonchev–Trinajstić information content (AvgIpc) is 2.41. The van der Waals surface area contributed by atoms with Gasteiger partial charge in [-0.15, -0.1) is 12.4 Å². The predicted octanol–water partition coefficient (Wildman–Crippen LogP) is 4.14. The lowest BCUT2D eigenvalue weighted by molar-refractivity contribution is -0.138. The van der Waals surface area contributed by atoms with E-state index < -0.39 is 11.7 Å². The molecular weight excluding hydrogens is 324 g/mol. The molecule has 1 aliphatic heterocycles. The molecule has 1 N–H and O–H groups in total. The molecule has 0 bridgehead atoms. The number of nitrogens with one attached hydrogen (secondary N) is 1. The number of hydrogen-bond acceptors (Lipinski definition) is 2. The van der Waals surface area contributed by atoms with Crippen LogP contribution in [0.2, 0.25) is 5.02 Å². The highest BCUT2D eigenvalue weighted by Crippen LogP contribution is 2.40. The Kier molecular flexibility index (Phi) is 6.78. The molecule has 2 rings (SSSR count). The second kappa shape index (κ2) is 7.68. The highest BCUT2D eigenvalue weighted by molar-refractivity contribution is 6.31. The van der Waals surface area contributed by atoms with Crippen LogP contribution >= 0.6 is 24.0 Å². The lowest BCUT2D eigenvalue weighted by atomic mass is 9.96. The summed E-state index contributed by atoms with van der Waals surface area (Å²) in [6.45, 7) is 4.96. The van der Waals surface area contributed by atoms with Gasteiger partial charge in [0.1, 0.15) is 0 Å². The maximum Gasteiger partial charge on any atom is 0.416 e. The summed E-state index contributed by atoms with van der Waals surface area (Å²) in [5.74, 6) is 0. The highest BCUT2D eigenvalue weighted by atomic mass is 35.5. The minimum Gasteiger partial charge on any atom is -0.314 e. The predicted molar refractivity (Wildman–Crippen MR) is 81.2 cm³/mol. The molecule has 1 atom stereocenters. The zero-order chi connectivity index (χ0) is 14.8. The Labute approximate surface area is 134 Å². The summed E-state index contributed by atoms with van der Waals surface area (Å²) in [5.41, 5.74) is -0.401. The third-order valence-corrected chi connectivity index (χ3v) is 4.00. The van der Waals surface area contributed by atoms with E-state index in [1.165, 1.54) is 12.1 Å². The topological polar surface area (TPSA) is 15.3 Å². The van der Waals surface area contributed by atoms with Crippen molar-refractivity contribution in [2.45, 2.75) is 25.6 Å². The van der Waals surface area contributed by atoms with Crippen LogP contribution in [0.25, 0.3) is 0 Å². The van der Waals surface area contributed by atoms with E-state index in [4.69, 9.17) is 11.6 Å². The SMILES string of the molecule is CC[C@@H](c1c(Cl)cccc1C(F)(F)F)N1CCNCC1.Cl. The second-order valence-electron chi connectivity index (χ2n) is 4.91. The standard InChI is InChI=1S/C14H18ClF3N2.ClH/c1-2-12(20-8-6-19-7-9-20)13-10(14(16,17)18)4-3-5-11(13)15;/h3-5,12,19H,2,6-9H2,1H3;1H/t12-;/m0./s1. The van der Waals surface area contributed by atoms with Gasteiger partial charge in [0.05, 0.1) is 5.56 Å². The van der Waals surface area contributed by atoms with Crippen LogP contribution in [0.3, 0.4) is 0 Å². The molecule has 1 aromatic rings. The van der Waals surface area contributed by atoms with Crippen LogP contribution in [0, 0.1) is 0 Å². The smallest absolute Gasteiger partial charge is 0.314 e. The lowest BCUT2D eigenvalue weighted by Crippen LogP contribution is -2.45. The molecule has 1 aromatic carbocycles. The molecule has 0 unspecified atom stereocenters. The maximum absolute atomic E-state index is 13.2. The van der Waals surface area contributed by atoms with Crippen LogP contribution < -0.4 is 5.32 Å². The van der Waals surface area contributed by atoms with Crippen LogP contribution in [0.1, 0.15) is 30.5 Å². The molecule has 0 amide bonds. The number of nitrogens with zero attached hydrogens (tertiary/aromatic N) is 1. The Morgan fingerprint density at radius 3 is 2.43 bits per heavy atom. The van der Waals surface area contributed by atoms with Gasteiger partial charge in [-0.2, -0.15) is 13.2 Å². The number of halogens is 5. The molecule has 0 spiro atoms. The lowest BCUT2D eigenvalue weighted by Gasteiger charge is -2.36. The summed E-state index contributed by atoms with van der Waals surface area (Å²) >= 11 is 6.09. The molecule has 0 aromatic heterocycles. The Morgan fingerprint density at radius 2 is 1.90 bits per heavy atom. The van der Waals surface area contributed by atoms with Gasteiger partial charge in [0, 0.05) is 42.8 Å². The molecule has 21 heavy (non-hydrogen) atoms. The van der Waals surface area contributed by atoms with Crippen molar-refractivity contribution >= 4 is 24.0 Å². The molecule has 2 nitrogen and oxygen atoms in total. The van der Waals surface area contributed by atoms with Gasteiger partial charge in [0.15, 0.2) is 0 Å². The van der Waals surface area contributed by atoms with E-state index in [2.05, 4.69) is 10.2 Å². The van der Waals surface area contributed by atoms with Crippen LogP contribution in [0.5, 0.6) is 0 Å². The number of alkyl halides is 3. The molecule has 7 heteroatoms. The molecule has 1 heterocycles. The zero-order valence-corrected chi connectivity index (χ0v) is 13.3. The Bertz CT molecular complexity index is 460. The van der Waals surface area contributed by atoms with Crippen LogP contribution in [-0.4, -0.2) is 31.1 Å². The van der Waals surface area contributed by atoms with Gasteiger partial charge >= 0.3 is 6.18 Å². The van der Waals surface area contributed by atoms with Crippen molar-refractivity contribution in [3.05, 3.63) is 34.3 Å². The van der Waals surface area contributed by atoms with Crippen molar-refractivity contribution in [2.75, 3.05) is 26.2 Å². The van der Waals surface area contributed by atoms with Gasteiger partial charge in [-0.3, -0.25) is 4.90 Å². The molecular formula is C14H19Cl2F3N2. The van der Waals surface area contributed by atoms with E-state index in [0.29, 0.717) is 6.42 Å². The molecule has 1 saturated heterocycles. The zero-order valence-electron chi connectivity index (χ0n) is 11.7. The Hall–Kier alpha value is -0.490. The number of rotatable bonds is 3. The van der Waals surface area contributed by atoms with Gasteiger partial charge < -0.3 is 5.32 Å². The van der Waals surface area contributed by atoms with Gasteiger partial charge in [0.25, 0.3) is 0 Å². The molecule has 1 fully saturated rings. The van der Waals surface area contributed by atoms with Gasteiger partial charge in [-0.1, -0.05) is 24.6 Å². The van der Waals surface area contributed by atoms with Crippen molar-refractivity contribution < 1.29 is 13.2 Å². The summed E-state index contributed by atoms with van der Waals surface area (Å²) in [7, 11) is 0. The monoisotopic (exact) mass is 342 g/mol. The molecule has 0 aliphatic carbocycles. The third-order valence-electron chi connectivity index (χ3n) is 3.67. The Morgan fingerprint density at radius 1 is 1.29 bits per heavy atom. The summed E-state index contributed by atoms with van der Waals surface area (Å²) in [4.78, 5) is 2.08. The van der Waals surface area contributed by atoms with Crippen molar-refractivity contribution in [1.29, 1.82) is 0 Å². The Balaban J connectivity index is 0.00000220. The average molecular weight is 343 g/mol. The van der Waals surface area contributed by atoms with Gasteiger partial charge in [-0.05, 0) is 18.6 Å². The van der Waals surface area contributed by atoms with Crippen molar-refractivity contribution in [2.24, 2.45) is 0 Å². The fourth-order valence-corrected chi connectivity index (χ4v) is 3.06. The highest BCUT2D eigenvalue weighted by Gasteiger charge is 2.37. The first-order valence-electron chi connectivity index (χ1n) is 6.75. The maximum atomic E-state index is 13.2. The van der Waals surface area contributed by atoms with Crippen LogP contribution in [0.15, 0.2) is 18.2 Å². The normalized spacial score (nSPS) is 18.1. The second-order valence-corrected chi connectivity index (χ2v) is 5.32. The largest absolute Gasteiger partial charge is 0.416 e. The van der Waals surface area contributed by atoms with Gasteiger partial charge in [0.2, 0.25) is 0 Å². The first-order valence-corrected chi connectivity index (χ1v) is 7.13. The first kappa shape index (κ1) is 18.6. The van der Waals surface area contributed by atoms with Crippen molar-refractivity contribution in [1.82, 2.24) is 10.2 Å². The fraction of sp³-hybridized carbons (Fsp3) is 0.571. The van der Waals surface area contributed by atoms with E-state index in [1.54, 1.807) is 0 Å². The number of hydrogen-bond donors (Lipinski definition) is 1. The quantitative estimate of drug-likeness (QED) is 0.888. The van der Waals surface area contributed by atoms with E-state index in [1.807, 2.05) is 6.92 Å². The van der Waals surface area contributed by atoms with E-state index >= 15 is 0 Å². The van der Waals surface area contributed by atoms with Crippen molar-refractivity contribution in [3.8, 4) is 0 Å². The first-order chi connectivity index (χ1) is 9.45. The summed E-state index contributed by atoms with van der Waals surface area (Å²) in [5, 5.41) is 3.41. The third kappa shape index (κ3) is 4.25. The molecule has 0 radical (unpaired) electrons. The summed E-state index contributed by atoms with van der Waals surface area (Å²) < 4.78 is 39.6. The van der Waals surface area contributed by atoms with Crippen LogP contribution in [-0.2, 0) is 6.18 Å². The molecule has 120 valence electrons. The molecule has 1 aliphatic rings. The fourth-order valence-electron chi connectivity index (χ4n) is 2.76. The van der Waals surface area contributed by atoms with Crippen molar-refractivity contribution in [3.63, 3.8) is 0 Å².